The predicted octanol–water partition coefficient (Wildman–Crippen LogP) is 0.0814. The second kappa shape index (κ2) is 5.84. The number of hydrogen-bond acceptors (Lipinski definition) is 4. The van der Waals surface area contributed by atoms with Crippen LogP contribution < -0.4 is 5.32 Å². The molecule has 1 amide bonds. The van der Waals surface area contributed by atoms with Crippen molar-refractivity contribution in [2.75, 3.05) is 38.2 Å². The minimum Gasteiger partial charge on any atom is -0.395 e. The molecule has 0 atom stereocenters. The molecule has 5 heteroatoms. The van der Waals surface area contributed by atoms with Crippen LogP contribution in [0.25, 0.3) is 0 Å². The molecular weight excluding hydrogens is 232 g/mol. The first kappa shape index (κ1) is 12.9. The zero-order chi connectivity index (χ0) is 13.0. The Bertz CT molecular complexity index is 428. The summed E-state index contributed by atoms with van der Waals surface area (Å²) in [5.74, 6) is -0.146. The highest BCUT2D eigenvalue weighted by molar-refractivity contribution is 5.95. The molecule has 98 valence electrons. The van der Waals surface area contributed by atoms with Gasteiger partial charge in [0.2, 0.25) is 0 Å². The molecule has 1 heterocycles. The molecular formula is C13H18N2O3. The number of amides is 1. The van der Waals surface area contributed by atoms with Gasteiger partial charge in [-0.2, -0.15) is 0 Å². The number of aliphatic hydroxyl groups is 2. The van der Waals surface area contributed by atoms with Gasteiger partial charge in [0, 0.05) is 30.9 Å². The Labute approximate surface area is 106 Å². The highest BCUT2D eigenvalue weighted by Crippen LogP contribution is 2.23. The van der Waals surface area contributed by atoms with E-state index in [1.165, 1.54) is 4.90 Å². The number of rotatable bonds is 5. The van der Waals surface area contributed by atoms with Crippen LogP contribution in [-0.2, 0) is 6.42 Å². The normalized spacial score (nSPS) is 13.0. The van der Waals surface area contributed by atoms with Gasteiger partial charge >= 0.3 is 0 Å². The number of anilines is 1. The Morgan fingerprint density at radius 3 is 2.67 bits per heavy atom. The molecule has 0 aromatic heterocycles. The lowest BCUT2D eigenvalue weighted by molar-refractivity contribution is 0.0685. The molecule has 2 rings (SSSR count). The summed E-state index contributed by atoms with van der Waals surface area (Å²) in [6.45, 7) is 1.20. The van der Waals surface area contributed by atoms with Crippen LogP contribution in [0.3, 0.4) is 0 Å². The maximum absolute atomic E-state index is 12.2. The molecule has 0 spiro atoms. The molecule has 0 unspecified atom stereocenters. The second-order valence-corrected chi connectivity index (χ2v) is 4.29. The van der Waals surface area contributed by atoms with Crippen LogP contribution in [0, 0.1) is 0 Å². The van der Waals surface area contributed by atoms with E-state index < -0.39 is 0 Å². The molecule has 0 bridgehead atoms. The van der Waals surface area contributed by atoms with Gasteiger partial charge in [-0.1, -0.05) is 0 Å². The van der Waals surface area contributed by atoms with E-state index >= 15 is 0 Å². The first-order valence-corrected chi connectivity index (χ1v) is 6.14. The standard InChI is InChI=1S/C13H18N2O3/c16-7-5-15(6-8-17)13(18)11-1-2-12-10(9-11)3-4-14-12/h1-2,9,14,16-17H,3-8H2. The second-order valence-electron chi connectivity index (χ2n) is 4.29. The summed E-state index contributed by atoms with van der Waals surface area (Å²) in [7, 11) is 0. The average molecular weight is 250 g/mol. The molecule has 1 aliphatic heterocycles. The van der Waals surface area contributed by atoms with Crippen molar-refractivity contribution in [2.24, 2.45) is 0 Å². The summed E-state index contributed by atoms with van der Waals surface area (Å²) < 4.78 is 0. The number of aliphatic hydroxyl groups excluding tert-OH is 2. The number of carbonyl (C=O) groups is 1. The van der Waals surface area contributed by atoms with Gasteiger partial charge < -0.3 is 20.4 Å². The molecule has 0 fully saturated rings. The summed E-state index contributed by atoms with van der Waals surface area (Å²) in [6.07, 6.45) is 0.927. The summed E-state index contributed by atoms with van der Waals surface area (Å²) >= 11 is 0. The fourth-order valence-corrected chi connectivity index (χ4v) is 2.18. The van der Waals surface area contributed by atoms with E-state index in [4.69, 9.17) is 10.2 Å². The maximum atomic E-state index is 12.2. The van der Waals surface area contributed by atoms with Crippen molar-refractivity contribution >= 4 is 11.6 Å². The summed E-state index contributed by atoms with van der Waals surface area (Å²) in [5, 5.41) is 21.1. The third kappa shape index (κ3) is 2.63. The van der Waals surface area contributed by atoms with Gasteiger partial charge in [-0.05, 0) is 30.2 Å². The Kier molecular flexibility index (Phi) is 4.17. The first-order chi connectivity index (χ1) is 8.76. The average Bonchev–Trinajstić information content (AvgIpc) is 2.84. The largest absolute Gasteiger partial charge is 0.395 e. The molecule has 5 nitrogen and oxygen atoms in total. The molecule has 1 aromatic rings. The van der Waals surface area contributed by atoms with Crippen LogP contribution >= 0.6 is 0 Å². The molecule has 0 saturated carbocycles. The number of hydrogen-bond donors (Lipinski definition) is 3. The van der Waals surface area contributed by atoms with Crippen LogP contribution in [0.1, 0.15) is 15.9 Å². The smallest absolute Gasteiger partial charge is 0.254 e. The molecule has 3 N–H and O–H groups in total. The topological polar surface area (TPSA) is 72.8 Å². The van der Waals surface area contributed by atoms with Gasteiger partial charge in [-0.15, -0.1) is 0 Å². The quantitative estimate of drug-likeness (QED) is 0.692. The minimum atomic E-state index is -0.146. The number of fused-ring (bicyclic) bond motifs is 1. The van der Waals surface area contributed by atoms with E-state index in [0.717, 1.165) is 24.2 Å². The zero-order valence-corrected chi connectivity index (χ0v) is 10.2. The van der Waals surface area contributed by atoms with Gasteiger partial charge in [0.15, 0.2) is 0 Å². The Hall–Kier alpha value is -1.59. The van der Waals surface area contributed by atoms with Crippen molar-refractivity contribution in [3.63, 3.8) is 0 Å². The number of benzene rings is 1. The highest BCUT2D eigenvalue weighted by atomic mass is 16.3. The van der Waals surface area contributed by atoms with Gasteiger partial charge in [0.1, 0.15) is 0 Å². The lowest BCUT2D eigenvalue weighted by Crippen LogP contribution is -2.35. The molecule has 1 aliphatic rings. The number of nitrogens with zero attached hydrogens (tertiary/aromatic N) is 1. The SMILES string of the molecule is O=C(c1ccc2c(c1)CCN2)N(CCO)CCO. The third-order valence-electron chi connectivity index (χ3n) is 3.09. The van der Waals surface area contributed by atoms with E-state index in [0.29, 0.717) is 5.56 Å². The van der Waals surface area contributed by atoms with Gasteiger partial charge in [0.25, 0.3) is 5.91 Å². The van der Waals surface area contributed by atoms with Gasteiger partial charge in [-0.25, -0.2) is 0 Å². The van der Waals surface area contributed by atoms with Crippen molar-refractivity contribution in [3.05, 3.63) is 29.3 Å². The number of nitrogens with one attached hydrogen (secondary N) is 1. The van der Waals surface area contributed by atoms with Crippen LogP contribution in [0.15, 0.2) is 18.2 Å². The lowest BCUT2D eigenvalue weighted by Gasteiger charge is -2.21. The lowest BCUT2D eigenvalue weighted by atomic mass is 10.1. The van der Waals surface area contributed by atoms with Crippen LogP contribution in [-0.4, -0.2) is 53.9 Å². The fraction of sp³-hybridized carbons (Fsp3) is 0.462. The van der Waals surface area contributed by atoms with Gasteiger partial charge in [-0.3, -0.25) is 4.79 Å². The van der Waals surface area contributed by atoms with Crippen molar-refractivity contribution < 1.29 is 15.0 Å². The predicted molar refractivity (Wildman–Crippen MR) is 68.7 cm³/mol. The minimum absolute atomic E-state index is 0.0990. The van der Waals surface area contributed by atoms with Gasteiger partial charge in [0.05, 0.1) is 13.2 Å². The Morgan fingerprint density at radius 1 is 1.28 bits per heavy atom. The zero-order valence-electron chi connectivity index (χ0n) is 10.2. The molecule has 1 aromatic carbocycles. The summed E-state index contributed by atoms with van der Waals surface area (Å²) in [6, 6.07) is 5.58. The Morgan fingerprint density at radius 2 is 2.00 bits per heavy atom. The van der Waals surface area contributed by atoms with Crippen LogP contribution in [0.2, 0.25) is 0 Å². The summed E-state index contributed by atoms with van der Waals surface area (Å²) in [5.41, 5.74) is 2.84. The molecule has 0 saturated heterocycles. The van der Waals surface area contributed by atoms with Crippen LogP contribution in [0.5, 0.6) is 0 Å². The van der Waals surface area contributed by atoms with Crippen molar-refractivity contribution in [1.29, 1.82) is 0 Å². The highest BCUT2D eigenvalue weighted by Gasteiger charge is 2.17. The molecule has 0 aliphatic carbocycles. The fourth-order valence-electron chi connectivity index (χ4n) is 2.18. The van der Waals surface area contributed by atoms with E-state index in [2.05, 4.69) is 5.32 Å². The summed E-state index contributed by atoms with van der Waals surface area (Å²) in [4.78, 5) is 13.7. The van der Waals surface area contributed by atoms with Crippen molar-refractivity contribution in [3.8, 4) is 0 Å². The first-order valence-electron chi connectivity index (χ1n) is 6.14. The molecule has 18 heavy (non-hydrogen) atoms. The van der Waals surface area contributed by atoms with E-state index in [9.17, 15) is 4.79 Å². The van der Waals surface area contributed by atoms with Crippen molar-refractivity contribution in [2.45, 2.75) is 6.42 Å². The maximum Gasteiger partial charge on any atom is 0.254 e. The molecule has 0 radical (unpaired) electrons. The third-order valence-corrected chi connectivity index (χ3v) is 3.09. The van der Waals surface area contributed by atoms with Crippen molar-refractivity contribution in [1.82, 2.24) is 4.90 Å². The monoisotopic (exact) mass is 250 g/mol. The van der Waals surface area contributed by atoms with E-state index in [1.54, 1.807) is 6.07 Å². The number of carbonyl (C=O) groups excluding carboxylic acids is 1. The van der Waals surface area contributed by atoms with E-state index in [-0.39, 0.29) is 32.2 Å². The van der Waals surface area contributed by atoms with E-state index in [1.807, 2.05) is 12.1 Å². The Balaban J connectivity index is 2.16. The van der Waals surface area contributed by atoms with Crippen LogP contribution in [0.4, 0.5) is 5.69 Å².